The van der Waals surface area contributed by atoms with Gasteiger partial charge in [-0.25, -0.2) is 4.79 Å². The molecule has 0 unspecified atom stereocenters. The Bertz CT molecular complexity index is 679. The largest absolute Gasteiger partial charge is 0.462 e. The number of esters is 1. The quantitative estimate of drug-likeness (QED) is 0.763. The summed E-state index contributed by atoms with van der Waals surface area (Å²) in [6.07, 6.45) is 0.793. The Kier molecular flexibility index (Phi) is 6.37. The number of hydrogen-bond donors (Lipinski definition) is 2. The van der Waals surface area contributed by atoms with Crippen molar-refractivity contribution in [3.63, 3.8) is 0 Å². The van der Waals surface area contributed by atoms with E-state index < -0.39 is 0 Å². The number of amides is 1. The molecule has 0 saturated heterocycles. The van der Waals surface area contributed by atoms with E-state index in [0.29, 0.717) is 12.2 Å². The Hall–Kier alpha value is -2.82. The molecule has 2 N–H and O–H groups in total. The van der Waals surface area contributed by atoms with Gasteiger partial charge in [0.15, 0.2) is 0 Å². The van der Waals surface area contributed by atoms with Crippen LogP contribution < -0.4 is 10.6 Å². The van der Waals surface area contributed by atoms with Crippen LogP contribution in [0.4, 0.5) is 11.4 Å². The lowest BCUT2D eigenvalue weighted by molar-refractivity contribution is -0.114. The Balaban J connectivity index is 1.82. The Morgan fingerprint density at radius 3 is 2.21 bits per heavy atom. The van der Waals surface area contributed by atoms with Crippen LogP contribution in [-0.4, -0.2) is 25.0 Å². The smallest absolute Gasteiger partial charge is 0.338 e. The van der Waals surface area contributed by atoms with Crippen LogP contribution in [0, 0.1) is 6.92 Å². The fourth-order valence-corrected chi connectivity index (χ4v) is 2.03. The summed E-state index contributed by atoms with van der Waals surface area (Å²) < 4.78 is 5.07. The van der Waals surface area contributed by atoms with Crippen LogP contribution in [0.15, 0.2) is 48.5 Å². The van der Waals surface area contributed by atoms with Gasteiger partial charge in [-0.3, -0.25) is 4.79 Å². The van der Waals surface area contributed by atoms with E-state index in [1.807, 2.05) is 38.1 Å². The molecule has 0 bridgehead atoms. The van der Waals surface area contributed by atoms with Crippen LogP contribution >= 0.6 is 0 Å². The Morgan fingerprint density at radius 2 is 1.58 bits per heavy atom. The minimum Gasteiger partial charge on any atom is -0.462 e. The molecule has 0 atom stereocenters. The van der Waals surface area contributed by atoms with Crippen molar-refractivity contribution in [3.05, 3.63) is 59.7 Å². The molecule has 0 spiro atoms. The van der Waals surface area contributed by atoms with E-state index in [1.54, 1.807) is 24.3 Å². The van der Waals surface area contributed by atoms with Crippen LogP contribution in [0.2, 0.25) is 0 Å². The summed E-state index contributed by atoms with van der Waals surface area (Å²) in [6, 6.07) is 14.5. The van der Waals surface area contributed by atoms with E-state index in [4.69, 9.17) is 4.74 Å². The van der Waals surface area contributed by atoms with Crippen LogP contribution in [0.25, 0.3) is 0 Å². The van der Waals surface area contributed by atoms with E-state index in [0.717, 1.165) is 23.4 Å². The number of ether oxygens (including phenoxy) is 1. The van der Waals surface area contributed by atoms with Crippen LogP contribution in [0.1, 0.15) is 29.3 Å². The number of carbonyl (C=O) groups excluding carboxylic acids is 2. The van der Waals surface area contributed by atoms with Gasteiger partial charge in [-0.2, -0.15) is 0 Å². The summed E-state index contributed by atoms with van der Waals surface area (Å²) in [7, 11) is 0. The van der Waals surface area contributed by atoms with Gasteiger partial charge >= 0.3 is 5.97 Å². The summed E-state index contributed by atoms with van der Waals surface area (Å²) in [4.78, 5) is 23.6. The molecule has 0 saturated carbocycles. The molecule has 126 valence electrons. The lowest BCUT2D eigenvalue weighted by Crippen LogP contribution is -2.21. The number of nitrogens with one attached hydrogen (secondary N) is 2. The van der Waals surface area contributed by atoms with Crippen LogP contribution in [0.5, 0.6) is 0 Å². The van der Waals surface area contributed by atoms with Crippen molar-refractivity contribution in [2.24, 2.45) is 0 Å². The molecule has 0 radical (unpaired) electrons. The normalized spacial score (nSPS) is 10.1. The van der Waals surface area contributed by atoms with Gasteiger partial charge in [-0.05, 0) is 49.7 Å². The molecule has 0 aliphatic rings. The summed E-state index contributed by atoms with van der Waals surface area (Å²) in [5.41, 5.74) is 3.17. The Morgan fingerprint density at radius 1 is 0.958 bits per heavy atom. The predicted molar refractivity (Wildman–Crippen MR) is 95.3 cm³/mol. The number of aryl methyl sites for hydroxylation is 1. The molecule has 24 heavy (non-hydrogen) atoms. The average Bonchev–Trinajstić information content (AvgIpc) is 2.60. The maximum Gasteiger partial charge on any atom is 0.338 e. The van der Waals surface area contributed by atoms with Gasteiger partial charge in [0.05, 0.1) is 18.7 Å². The van der Waals surface area contributed by atoms with Crippen molar-refractivity contribution < 1.29 is 14.3 Å². The molecule has 2 aromatic rings. The molecule has 0 aromatic heterocycles. The van der Waals surface area contributed by atoms with Crippen molar-refractivity contribution in [3.8, 4) is 0 Å². The van der Waals surface area contributed by atoms with Gasteiger partial charge in [-0.15, -0.1) is 0 Å². The van der Waals surface area contributed by atoms with Crippen molar-refractivity contribution in [2.75, 3.05) is 23.8 Å². The third kappa shape index (κ3) is 5.43. The first kappa shape index (κ1) is 17.5. The maximum absolute atomic E-state index is 11.9. The summed E-state index contributed by atoms with van der Waals surface area (Å²) >= 11 is 0. The zero-order chi connectivity index (χ0) is 17.4. The van der Waals surface area contributed by atoms with Crippen LogP contribution in [0.3, 0.4) is 0 Å². The Labute approximate surface area is 142 Å². The monoisotopic (exact) mass is 326 g/mol. The molecule has 2 rings (SSSR count). The number of carbonyl (C=O) groups is 2. The standard InChI is InChI=1S/C19H22N2O3/c1-3-12-24-19(23)15-6-10-16(11-7-15)20-13-18(22)21-17-8-4-14(2)5-9-17/h4-11,20H,3,12-13H2,1-2H3,(H,21,22). The van der Waals surface area contributed by atoms with Gasteiger partial charge in [0, 0.05) is 11.4 Å². The molecule has 0 heterocycles. The molecule has 5 nitrogen and oxygen atoms in total. The maximum atomic E-state index is 11.9. The van der Waals surface area contributed by atoms with E-state index in [-0.39, 0.29) is 18.4 Å². The third-order valence-electron chi connectivity index (χ3n) is 3.35. The molecular formula is C19H22N2O3. The summed E-state index contributed by atoms with van der Waals surface area (Å²) in [6.45, 7) is 4.50. The second kappa shape index (κ2) is 8.72. The molecule has 0 fully saturated rings. The number of rotatable bonds is 7. The van der Waals surface area contributed by atoms with E-state index in [9.17, 15) is 9.59 Å². The lowest BCUT2D eigenvalue weighted by Gasteiger charge is -2.09. The molecule has 1 amide bonds. The number of hydrogen-bond acceptors (Lipinski definition) is 4. The first-order valence-electron chi connectivity index (χ1n) is 7.96. The highest BCUT2D eigenvalue weighted by molar-refractivity contribution is 5.94. The van der Waals surface area contributed by atoms with Crippen molar-refractivity contribution in [1.82, 2.24) is 0 Å². The number of anilines is 2. The highest BCUT2D eigenvalue weighted by Crippen LogP contribution is 2.11. The first-order valence-corrected chi connectivity index (χ1v) is 7.96. The van der Waals surface area contributed by atoms with E-state index in [1.165, 1.54) is 0 Å². The van der Waals surface area contributed by atoms with E-state index in [2.05, 4.69) is 10.6 Å². The van der Waals surface area contributed by atoms with Crippen molar-refractivity contribution in [1.29, 1.82) is 0 Å². The zero-order valence-electron chi connectivity index (χ0n) is 14.0. The summed E-state index contributed by atoms with van der Waals surface area (Å²) in [5, 5.41) is 5.84. The first-order chi connectivity index (χ1) is 11.6. The van der Waals surface area contributed by atoms with Crippen molar-refractivity contribution in [2.45, 2.75) is 20.3 Å². The van der Waals surface area contributed by atoms with Gasteiger partial charge in [-0.1, -0.05) is 24.6 Å². The molecular weight excluding hydrogens is 304 g/mol. The molecule has 0 aliphatic heterocycles. The highest BCUT2D eigenvalue weighted by atomic mass is 16.5. The fraction of sp³-hybridized carbons (Fsp3) is 0.263. The topological polar surface area (TPSA) is 67.4 Å². The summed E-state index contributed by atoms with van der Waals surface area (Å²) in [5.74, 6) is -0.467. The van der Waals surface area contributed by atoms with Gasteiger partial charge in [0.25, 0.3) is 0 Å². The highest BCUT2D eigenvalue weighted by Gasteiger charge is 2.07. The van der Waals surface area contributed by atoms with Gasteiger partial charge < -0.3 is 15.4 Å². The zero-order valence-corrected chi connectivity index (χ0v) is 14.0. The van der Waals surface area contributed by atoms with Crippen molar-refractivity contribution >= 4 is 23.3 Å². The van der Waals surface area contributed by atoms with Gasteiger partial charge in [0.1, 0.15) is 0 Å². The molecule has 5 heteroatoms. The van der Waals surface area contributed by atoms with Crippen LogP contribution in [-0.2, 0) is 9.53 Å². The number of benzene rings is 2. The fourth-order valence-electron chi connectivity index (χ4n) is 2.03. The lowest BCUT2D eigenvalue weighted by atomic mass is 10.2. The average molecular weight is 326 g/mol. The third-order valence-corrected chi connectivity index (χ3v) is 3.35. The SMILES string of the molecule is CCCOC(=O)c1ccc(NCC(=O)Nc2ccc(C)cc2)cc1. The second-order valence-corrected chi connectivity index (χ2v) is 5.48. The molecule has 0 aliphatic carbocycles. The van der Waals surface area contributed by atoms with Gasteiger partial charge in [0.2, 0.25) is 5.91 Å². The second-order valence-electron chi connectivity index (χ2n) is 5.48. The van der Waals surface area contributed by atoms with E-state index >= 15 is 0 Å². The molecule has 2 aromatic carbocycles. The minimum atomic E-state index is -0.333. The predicted octanol–water partition coefficient (Wildman–Crippen LogP) is 3.61. The minimum absolute atomic E-state index is 0.134.